The average Bonchev–Trinajstić information content (AvgIpc) is 2.44. The van der Waals surface area contributed by atoms with Crippen LogP contribution in [0.5, 0.6) is 0 Å². The molecule has 0 bridgehead atoms. The monoisotopic (exact) mass is 307 g/mol. The van der Waals surface area contributed by atoms with Crippen LogP contribution < -0.4 is 11.1 Å². The van der Waals surface area contributed by atoms with Crippen molar-refractivity contribution < 1.29 is 9.53 Å². The van der Waals surface area contributed by atoms with Gasteiger partial charge >= 0.3 is 0 Å². The van der Waals surface area contributed by atoms with Crippen molar-refractivity contribution in [2.24, 2.45) is 0 Å². The molecule has 122 valence electrons. The van der Waals surface area contributed by atoms with Crippen LogP contribution in [-0.4, -0.2) is 58.2 Å². The van der Waals surface area contributed by atoms with E-state index >= 15 is 0 Å². The van der Waals surface area contributed by atoms with E-state index in [-0.39, 0.29) is 35.2 Å². The Morgan fingerprint density at radius 3 is 2.55 bits per heavy atom. The summed E-state index contributed by atoms with van der Waals surface area (Å²) in [4.78, 5) is 22.4. The van der Waals surface area contributed by atoms with E-state index in [1.807, 2.05) is 0 Å². The minimum absolute atomic E-state index is 0.145. The molecule has 1 amide bonds. The van der Waals surface area contributed by atoms with Crippen LogP contribution in [0.2, 0.25) is 0 Å². The molecule has 2 atom stereocenters. The number of carbonyl (C=O) groups is 1. The van der Waals surface area contributed by atoms with Crippen LogP contribution in [0.4, 0.5) is 5.82 Å². The number of rotatable bonds is 4. The van der Waals surface area contributed by atoms with Gasteiger partial charge in [-0.3, -0.25) is 9.69 Å². The normalized spacial score (nSPS) is 23.3. The topological polar surface area (TPSA) is 93.4 Å². The highest BCUT2D eigenvalue weighted by Crippen LogP contribution is 2.20. The lowest BCUT2D eigenvalue weighted by atomic mass is 10.00. The lowest BCUT2D eigenvalue weighted by Gasteiger charge is -2.45. The Hall–Kier alpha value is -1.73. The van der Waals surface area contributed by atoms with Gasteiger partial charge in [0.1, 0.15) is 0 Å². The number of nitrogens with zero attached hydrogens (tertiary/aromatic N) is 3. The number of ether oxygens (including phenoxy) is 1. The molecule has 2 heterocycles. The van der Waals surface area contributed by atoms with Crippen LogP contribution in [-0.2, 0) is 4.74 Å². The predicted molar refractivity (Wildman–Crippen MR) is 84.4 cm³/mol. The van der Waals surface area contributed by atoms with E-state index < -0.39 is 0 Å². The fourth-order valence-corrected chi connectivity index (χ4v) is 2.69. The van der Waals surface area contributed by atoms with Crippen molar-refractivity contribution in [3.05, 3.63) is 18.1 Å². The van der Waals surface area contributed by atoms with Gasteiger partial charge in [0, 0.05) is 37.6 Å². The number of nitrogens with two attached hydrogens (primary N) is 1. The van der Waals surface area contributed by atoms with Gasteiger partial charge in [-0.25, -0.2) is 9.97 Å². The summed E-state index contributed by atoms with van der Waals surface area (Å²) >= 11 is 0. The summed E-state index contributed by atoms with van der Waals surface area (Å²) < 4.78 is 5.76. The Morgan fingerprint density at radius 1 is 1.36 bits per heavy atom. The zero-order valence-corrected chi connectivity index (χ0v) is 13.7. The molecule has 7 nitrogen and oxygen atoms in total. The summed E-state index contributed by atoms with van der Waals surface area (Å²) in [6.07, 6.45) is 3.30. The molecule has 1 saturated heterocycles. The van der Waals surface area contributed by atoms with E-state index in [2.05, 4.69) is 47.9 Å². The van der Waals surface area contributed by atoms with Crippen molar-refractivity contribution in [1.29, 1.82) is 0 Å². The van der Waals surface area contributed by atoms with Crippen molar-refractivity contribution >= 4 is 11.7 Å². The van der Waals surface area contributed by atoms with Gasteiger partial charge in [-0.1, -0.05) is 0 Å². The van der Waals surface area contributed by atoms with Crippen LogP contribution in [0, 0.1) is 0 Å². The van der Waals surface area contributed by atoms with Crippen LogP contribution in [0.15, 0.2) is 12.4 Å². The third-order valence-corrected chi connectivity index (χ3v) is 3.90. The maximum absolute atomic E-state index is 12.2. The molecule has 0 unspecified atom stereocenters. The smallest absolute Gasteiger partial charge is 0.273 e. The van der Waals surface area contributed by atoms with Gasteiger partial charge in [-0.2, -0.15) is 0 Å². The zero-order valence-electron chi connectivity index (χ0n) is 13.7. The maximum Gasteiger partial charge on any atom is 0.273 e. The fourth-order valence-electron chi connectivity index (χ4n) is 2.69. The summed E-state index contributed by atoms with van der Waals surface area (Å²) in [5.74, 6) is -0.153. The van der Waals surface area contributed by atoms with Gasteiger partial charge in [-0.15, -0.1) is 0 Å². The Bertz CT molecular complexity index is 524. The number of aromatic nitrogens is 2. The molecule has 1 fully saturated rings. The van der Waals surface area contributed by atoms with Gasteiger partial charge < -0.3 is 15.8 Å². The van der Waals surface area contributed by atoms with Crippen LogP contribution in [0.25, 0.3) is 0 Å². The molecule has 7 heteroatoms. The van der Waals surface area contributed by atoms with Crippen LogP contribution in [0.1, 0.15) is 38.2 Å². The standard InChI is InChI=1S/C15H25N5O2/c1-10-7-20(8-11(2)22-10)15(3,4)9-19-14(21)12-13(16)18-6-5-17-12/h5-6,10-11H,7-9H2,1-4H3,(H2,16,18)(H,19,21)/t10-,11-/m1/s1. The van der Waals surface area contributed by atoms with Crippen molar-refractivity contribution in [1.82, 2.24) is 20.2 Å². The first-order chi connectivity index (χ1) is 10.3. The summed E-state index contributed by atoms with van der Waals surface area (Å²) in [5, 5.41) is 2.90. The molecule has 0 aromatic carbocycles. The minimum atomic E-state index is -0.298. The summed E-state index contributed by atoms with van der Waals surface area (Å²) in [6, 6.07) is 0. The van der Waals surface area contributed by atoms with E-state index in [4.69, 9.17) is 10.5 Å². The van der Waals surface area contributed by atoms with Gasteiger partial charge in [0.05, 0.1) is 12.2 Å². The number of morpholine rings is 1. The molecule has 3 N–H and O–H groups in total. The Labute approximate surface area is 131 Å². The van der Waals surface area contributed by atoms with Crippen molar-refractivity contribution in [2.75, 3.05) is 25.4 Å². The van der Waals surface area contributed by atoms with E-state index in [1.165, 1.54) is 12.4 Å². The van der Waals surface area contributed by atoms with Crippen molar-refractivity contribution in [3.63, 3.8) is 0 Å². The van der Waals surface area contributed by atoms with Gasteiger partial charge in [0.25, 0.3) is 5.91 Å². The molecule has 1 aromatic heterocycles. The summed E-state index contributed by atoms with van der Waals surface area (Å²) in [6.45, 7) is 10.5. The number of hydrogen-bond acceptors (Lipinski definition) is 6. The molecular weight excluding hydrogens is 282 g/mol. The lowest BCUT2D eigenvalue weighted by molar-refractivity contribution is -0.0948. The summed E-state index contributed by atoms with van der Waals surface area (Å²) in [5.41, 5.74) is 5.67. The predicted octanol–water partition coefficient (Wildman–Crippen LogP) is 0.676. The number of nitrogen functional groups attached to an aromatic ring is 1. The maximum atomic E-state index is 12.2. The first kappa shape index (κ1) is 16.6. The molecule has 2 rings (SSSR count). The quantitative estimate of drug-likeness (QED) is 0.849. The molecule has 1 aromatic rings. The highest BCUT2D eigenvalue weighted by atomic mass is 16.5. The number of amides is 1. The molecule has 0 spiro atoms. The number of nitrogens with one attached hydrogen (secondary N) is 1. The van der Waals surface area contributed by atoms with E-state index in [9.17, 15) is 4.79 Å². The number of hydrogen-bond donors (Lipinski definition) is 2. The Kier molecular flexibility index (Phi) is 4.97. The minimum Gasteiger partial charge on any atom is -0.382 e. The molecule has 0 radical (unpaired) electrons. The molecule has 1 aliphatic rings. The Balaban J connectivity index is 1.97. The van der Waals surface area contributed by atoms with Crippen LogP contribution >= 0.6 is 0 Å². The third-order valence-electron chi connectivity index (χ3n) is 3.90. The highest BCUT2D eigenvalue weighted by Gasteiger charge is 2.33. The molecular formula is C15H25N5O2. The van der Waals surface area contributed by atoms with E-state index in [1.54, 1.807) is 0 Å². The zero-order chi connectivity index (χ0) is 16.3. The lowest BCUT2D eigenvalue weighted by Crippen LogP contribution is -2.58. The van der Waals surface area contributed by atoms with Crippen molar-refractivity contribution in [3.8, 4) is 0 Å². The fraction of sp³-hybridized carbons (Fsp3) is 0.667. The van der Waals surface area contributed by atoms with E-state index in [0.717, 1.165) is 13.1 Å². The first-order valence-corrected chi connectivity index (χ1v) is 7.55. The average molecular weight is 307 g/mol. The largest absolute Gasteiger partial charge is 0.382 e. The molecule has 22 heavy (non-hydrogen) atoms. The molecule has 1 aliphatic heterocycles. The third kappa shape index (κ3) is 3.92. The summed E-state index contributed by atoms with van der Waals surface area (Å²) in [7, 11) is 0. The first-order valence-electron chi connectivity index (χ1n) is 7.55. The SMILES string of the molecule is C[C@@H]1CN(C(C)(C)CNC(=O)c2nccnc2N)C[C@@H](C)O1. The van der Waals surface area contributed by atoms with E-state index in [0.29, 0.717) is 6.54 Å². The number of anilines is 1. The second-order valence-corrected chi connectivity index (χ2v) is 6.45. The number of carbonyl (C=O) groups excluding carboxylic acids is 1. The molecule has 0 saturated carbocycles. The van der Waals surface area contributed by atoms with Gasteiger partial charge in [0.15, 0.2) is 11.5 Å². The molecule has 0 aliphatic carbocycles. The van der Waals surface area contributed by atoms with Crippen molar-refractivity contribution in [2.45, 2.75) is 45.4 Å². The second kappa shape index (κ2) is 6.58. The van der Waals surface area contributed by atoms with Gasteiger partial charge in [-0.05, 0) is 27.7 Å². The second-order valence-electron chi connectivity index (χ2n) is 6.45. The van der Waals surface area contributed by atoms with Gasteiger partial charge in [0.2, 0.25) is 0 Å². The van der Waals surface area contributed by atoms with Crippen LogP contribution in [0.3, 0.4) is 0 Å². The Morgan fingerprint density at radius 2 is 1.95 bits per heavy atom. The highest BCUT2D eigenvalue weighted by molar-refractivity contribution is 5.96.